The lowest BCUT2D eigenvalue weighted by atomic mass is 9.92. The first-order chi connectivity index (χ1) is 4.84. The van der Waals surface area contributed by atoms with Gasteiger partial charge in [-0.3, -0.25) is 0 Å². The smallest absolute Gasteiger partial charge is 0.00151 e. The van der Waals surface area contributed by atoms with E-state index in [0.29, 0.717) is 5.92 Å². The summed E-state index contributed by atoms with van der Waals surface area (Å²) in [6.07, 6.45) is 11.0. The van der Waals surface area contributed by atoms with Crippen molar-refractivity contribution < 1.29 is 0 Å². The minimum absolute atomic E-state index is 0.606. The van der Waals surface area contributed by atoms with Gasteiger partial charge in [-0.2, -0.15) is 0 Å². The first-order valence-corrected chi connectivity index (χ1v) is 3.88. The van der Waals surface area contributed by atoms with E-state index < -0.39 is 0 Å². The molecule has 0 fully saturated rings. The molecule has 0 aliphatic heterocycles. The molecule has 0 nitrogen and oxygen atoms in total. The predicted molar refractivity (Wildman–Crippen MR) is 45.8 cm³/mol. The second-order valence-electron chi connectivity index (χ2n) is 2.71. The van der Waals surface area contributed by atoms with Crippen LogP contribution in [-0.2, 0) is 0 Å². The van der Waals surface area contributed by atoms with Gasteiger partial charge < -0.3 is 0 Å². The zero-order chi connectivity index (χ0) is 7.40. The molecule has 0 N–H and O–H groups in total. The Kier molecular flexibility index (Phi) is 2.49. The van der Waals surface area contributed by atoms with Gasteiger partial charge in [-0.25, -0.2) is 0 Å². The second kappa shape index (κ2) is 3.40. The van der Waals surface area contributed by atoms with Crippen molar-refractivity contribution in [3.05, 3.63) is 36.5 Å². The summed E-state index contributed by atoms with van der Waals surface area (Å²) in [6.45, 7) is 6.18. The average molecular weight is 134 g/mol. The highest BCUT2D eigenvalue weighted by molar-refractivity contribution is 5.30. The van der Waals surface area contributed by atoms with Crippen LogP contribution in [0.4, 0.5) is 0 Å². The molecule has 1 atom stereocenters. The molecular weight excluding hydrogens is 120 g/mol. The van der Waals surface area contributed by atoms with Crippen LogP contribution in [0.5, 0.6) is 0 Å². The first-order valence-electron chi connectivity index (χ1n) is 3.88. The topological polar surface area (TPSA) is 0 Å². The van der Waals surface area contributed by atoms with Crippen molar-refractivity contribution in [3.8, 4) is 0 Å². The molecule has 0 radical (unpaired) electrons. The lowest BCUT2D eigenvalue weighted by Gasteiger charge is -2.13. The third-order valence-electron chi connectivity index (χ3n) is 1.84. The lowest BCUT2D eigenvalue weighted by molar-refractivity contribution is 0.668. The summed E-state index contributed by atoms with van der Waals surface area (Å²) in [5.74, 6) is 0.606. The Balaban J connectivity index is 2.53. The van der Waals surface area contributed by atoms with Crippen LogP contribution in [-0.4, -0.2) is 0 Å². The van der Waals surface area contributed by atoms with Gasteiger partial charge in [0.25, 0.3) is 0 Å². The third kappa shape index (κ3) is 1.60. The zero-order valence-electron chi connectivity index (χ0n) is 6.51. The van der Waals surface area contributed by atoms with Crippen molar-refractivity contribution in [2.24, 2.45) is 5.92 Å². The summed E-state index contributed by atoms with van der Waals surface area (Å²) in [6, 6.07) is 0. The van der Waals surface area contributed by atoms with Gasteiger partial charge in [0.1, 0.15) is 0 Å². The van der Waals surface area contributed by atoms with E-state index in [1.54, 1.807) is 0 Å². The molecule has 54 valence electrons. The maximum atomic E-state index is 3.98. The van der Waals surface area contributed by atoms with E-state index in [0.717, 1.165) is 0 Å². The largest absolute Gasteiger partial charge is 0.0952 e. The van der Waals surface area contributed by atoms with E-state index in [9.17, 15) is 0 Å². The maximum absolute atomic E-state index is 3.98. The molecule has 0 aromatic carbocycles. The van der Waals surface area contributed by atoms with Crippen molar-refractivity contribution in [1.29, 1.82) is 0 Å². The van der Waals surface area contributed by atoms with Crippen LogP contribution < -0.4 is 0 Å². The Bertz CT molecular complexity index is 172. The molecule has 0 heterocycles. The van der Waals surface area contributed by atoms with Gasteiger partial charge in [-0.05, 0) is 12.0 Å². The van der Waals surface area contributed by atoms with Crippen LogP contribution in [0.15, 0.2) is 36.5 Å². The van der Waals surface area contributed by atoms with Crippen LogP contribution in [0.1, 0.15) is 19.8 Å². The lowest BCUT2D eigenvalue weighted by Crippen LogP contribution is -1.99. The number of hydrogen-bond donors (Lipinski definition) is 0. The molecule has 1 aliphatic rings. The quantitative estimate of drug-likeness (QED) is 0.544. The molecule has 0 aromatic rings. The maximum Gasteiger partial charge on any atom is 0.00151 e. The van der Waals surface area contributed by atoms with Gasteiger partial charge in [0.2, 0.25) is 0 Å². The molecule has 0 aromatic heterocycles. The number of allylic oxidation sites excluding steroid dienone is 5. The Hall–Kier alpha value is -0.780. The second-order valence-corrected chi connectivity index (χ2v) is 2.71. The van der Waals surface area contributed by atoms with Gasteiger partial charge in [-0.1, -0.05) is 44.2 Å². The SMILES string of the molecule is C=C1C=CC=CC1CCC. The summed E-state index contributed by atoms with van der Waals surface area (Å²) in [4.78, 5) is 0. The summed E-state index contributed by atoms with van der Waals surface area (Å²) in [7, 11) is 0. The Labute approximate surface area is 62.9 Å². The van der Waals surface area contributed by atoms with Crippen LogP contribution in [0, 0.1) is 5.92 Å². The fraction of sp³-hybridized carbons (Fsp3) is 0.400. The minimum Gasteiger partial charge on any atom is -0.0952 e. The first kappa shape index (κ1) is 7.33. The molecule has 0 amide bonds. The molecule has 0 heteroatoms. The predicted octanol–water partition coefficient (Wildman–Crippen LogP) is 3.08. The highest BCUT2D eigenvalue weighted by Crippen LogP contribution is 2.21. The van der Waals surface area contributed by atoms with E-state index >= 15 is 0 Å². The van der Waals surface area contributed by atoms with Gasteiger partial charge in [0, 0.05) is 5.92 Å². The molecule has 1 aliphatic carbocycles. The monoisotopic (exact) mass is 134 g/mol. The molecule has 1 rings (SSSR count). The molecule has 0 spiro atoms. The number of rotatable bonds is 2. The van der Waals surface area contributed by atoms with Crippen LogP contribution >= 0.6 is 0 Å². The van der Waals surface area contributed by atoms with Crippen molar-refractivity contribution in [2.45, 2.75) is 19.8 Å². The molecule has 0 saturated carbocycles. The van der Waals surface area contributed by atoms with E-state index in [1.807, 2.05) is 0 Å². The highest BCUT2D eigenvalue weighted by Gasteiger charge is 2.06. The van der Waals surface area contributed by atoms with E-state index in [4.69, 9.17) is 0 Å². The molecule has 10 heavy (non-hydrogen) atoms. The van der Waals surface area contributed by atoms with E-state index in [-0.39, 0.29) is 0 Å². The van der Waals surface area contributed by atoms with Gasteiger partial charge in [-0.15, -0.1) is 0 Å². The van der Waals surface area contributed by atoms with Crippen molar-refractivity contribution in [2.75, 3.05) is 0 Å². The van der Waals surface area contributed by atoms with Crippen molar-refractivity contribution >= 4 is 0 Å². The summed E-state index contributed by atoms with van der Waals surface area (Å²) < 4.78 is 0. The molecular formula is C10H14. The van der Waals surface area contributed by atoms with Gasteiger partial charge in [0.15, 0.2) is 0 Å². The van der Waals surface area contributed by atoms with Gasteiger partial charge >= 0.3 is 0 Å². The van der Waals surface area contributed by atoms with E-state index in [1.165, 1.54) is 18.4 Å². The van der Waals surface area contributed by atoms with Crippen LogP contribution in [0.25, 0.3) is 0 Å². The molecule has 0 saturated heterocycles. The molecule has 0 bridgehead atoms. The van der Waals surface area contributed by atoms with Crippen molar-refractivity contribution in [3.63, 3.8) is 0 Å². The van der Waals surface area contributed by atoms with Crippen LogP contribution in [0.2, 0.25) is 0 Å². The van der Waals surface area contributed by atoms with Crippen molar-refractivity contribution in [1.82, 2.24) is 0 Å². The Morgan fingerprint density at radius 1 is 1.50 bits per heavy atom. The Morgan fingerprint density at radius 3 is 2.90 bits per heavy atom. The Morgan fingerprint density at radius 2 is 2.30 bits per heavy atom. The average Bonchev–Trinajstić information content (AvgIpc) is 1.94. The normalized spacial score (nSPS) is 23.7. The minimum atomic E-state index is 0.606. The third-order valence-corrected chi connectivity index (χ3v) is 1.84. The van der Waals surface area contributed by atoms with Gasteiger partial charge in [0.05, 0.1) is 0 Å². The summed E-state index contributed by atoms with van der Waals surface area (Å²) in [5, 5.41) is 0. The fourth-order valence-electron chi connectivity index (χ4n) is 1.22. The highest BCUT2D eigenvalue weighted by atomic mass is 14.1. The fourth-order valence-corrected chi connectivity index (χ4v) is 1.22. The zero-order valence-corrected chi connectivity index (χ0v) is 6.51. The molecule has 1 unspecified atom stereocenters. The summed E-state index contributed by atoms with van der Waals surface area (Å²) >= 11 is 0. The standard InChI is InChI=1S/C10H14/c1-3-6-10-8-5-4-7-9(10)2/h4-5,7-8,10H,2-3,6H2,1H3. The number of hydrogen-bond acceptors (Lipinski definition) is 0. The summed E-state index contributed by atoms with van der Waals surface area (Å²) in [5.41, 5.74) is 1.25. The van der Waals surface area contributed by atoms with E-state index in [2.05, 4.69) is 37.8 Å². The van der Waals surface area contributed by atoms with Crippen LogP contribution in [0.3, 0.4) is 0 Å².